The molecule has 6 saturated carbocycles. The van der Waals surface area contributed by atoms with E-state index in [4.69, 9.17) is 5.73 Å². The zero-order valence-electron chi connectivity index (χ0n) is 13.1. The van der Waals surface area contributed by atoms with E-state index in [1.54, 1.807) is 0 Å². The quantitative estimate of drug-likeness (QED) is 0.726. The zero-order valence-corrected chi connectivity index (χ0v) is 13.1. The van der Waals surface area contributed by atoms with Crippen LogP contribution >= 0.6 is 0 Å². The predicted molar refractivity (Wildman–Crippen MR) is 82.7 cm³/mol. The highest BCUT2D eigenvalue weighted by Crippen LogP contribution is 2.56. The third-order valence-electron chi connectivity index (χ3n) is 7.56. The Kier molecular flexibility index (Phi) is 2.69. The lowest BCUT2D eigenvalue weighted by atomic mass is 9.52. The van der Waals surface area contributed by atoms with Crippen molar-refractivity contribution in [1.82, 2.24) is 5.32 Å². The fraction of sp³-hybridized carbons (Fsp3) is 1.00. The highest BCUT2D eigenvalue weighted by atomic mass is 16.3. The Morgan fingerprint density at radius 3 is 2.05 bits per heavy atom. The van der Waals surface area contributed by atoms with Crippen LogP contribution in [-0.2, 0) is 0 Å². The third kappa shape index (κ3) is 2.11. The van der Waals surface area contributed by atoms with Crippen LogP contribution in [0.2, 0.25) is 0 Å². The maximum absolute atomic E-state index is 10.7. The zero-order chi connectivity index (χ0) is 14.2. The van der Waals surface area contributed by atoms with Crippen LogP contribution in [0, 0.1) is 29.6 Å². The molecule has 0 radical (unpaired) electrons. The summed E-state index contributed by atoms with van der Waals surface area (Å²) in [5.41, 5.74) is 6.61. The molecule has 0 aromatic heterocycles. The summed E-state index contributed by atoms with van der Waals surface area (Å²) in [7, 11) is 0. The molecule has 118 valence electrons. The maximum atomic E-state index is 10.7. The molecule has 21 heavy (non-hydrogen) atoms. The number of hydrogen-bond acceptors (Lipinski definition) is 3. The van der Waals surface area contributed by atoms with Crippen molar-refractivity contribution in [2.75, 3.05) is 6.54 Å². The van der Waals surface area contributed by atoms with Crippen molar-refractivity contribution < 1.29 is 5.11 Å². The molecule has 6 aliphatic carbocycles. The minimum absolute atomic E-state index is 0.0889. The summed E-state index contributed by atoms with van der Waals surface area (Å²) in [4.78, 5) is 0. The van der Waals surface area contributed by atoms with Crippen LogP contribution in [0.15, 0.2) is 0 Å². The summed E-state index contributed by atoms with van der Waals surface area (Å²) >= 11 is 0. The van der Waals surface area contributed by atoms with E-state index < -0.39 is 0 Å². The lowest BCUT2D eigenvalue weighted by Crippen LogP contribution is -2.63. The molecule has 0 aliphatic heterocycles. The number of aliphatic hydroxyl groups is 1. The van der Waals surface area contributed by atoms with Crippen molar-refractivity contribution in [2.24, 2.45) is 35.3 Å². The summed E-state index contributed by atoms with van der Waals surface area (Å²) in [6.45, 7) is 1.03. The lowest BCUT2D eigenvalue weighted by molar-refractivity contribution is -0.139. The third-order valence-corrected chi connectivity index (χ3v) is 7.56. The van der Waals surface area contributed by atoms with Gasteiger partial charge in [0, 0.05) is 18.1 Å². The van der Waals surface area contributed by atoms with E-state index in [0.29, 0.717) is 17.9 Å². The van der Waals surface area contributed by atoms with Crippen LogP contribution in [0.3, 0.4) is 0 Å². The molecule has 6 rings (SSSR count). The van der Waals surface area contributed by atoms with Crippen molar-refractivity contribution in [3.63, 3.8) is 0 Å². The van der Waals surface area contributed by atoms with Gasteiger partial charge in [-0.05, 0) is 87.4 Å². The Morgan fingerprint density at radius 2 is 1.57 bits per heavy atom. The smallest absolute Gasteiger partial charge is 0.0657 e. The molecule has 2 unspecified atom stereocenters. The molecule has 0 saturated heterocycles. The van der Waals surface area contributed by atoms with Gasteiger partial charge in [0.05, 0.1) is 5.60 Å². The van der Waals surface area contributed by atoms with Crippen molar-refractivity contribution >= 4 is 0 Å². The molecule has 0 aromatic carbocycles. The van der Waals surface area contributed by atoms with Gasteiger partial charge in [-0.25, -0.2) is 0 Å². The molecule has 3 heteroatoms. The van der Waals surface area contributed by atoms with E-state index in [1.165, 1.54) is 38.5 Å². The van der Waals surface area contributed by atoms with Gasteiger partial charge in [-0.1, -0.05) is 0 Å². The standard InChI is InChI=1S/C18H30N2O/c19-18(14-1-2-14,15-3-4-15)10-20-16-12-5-11-6-13(16)9-17(21,7-11)8-12/h11-16,20-21H,1-10,19H2. The fourth-order valence-corrected chi connectivity index (χ4v) is 6.47. The van der Waals surface area contributed by atoms with Crippen LogP contribution in [-0.4, -0.2) is 28.8 Å². The van der Waals surface area contributed by atoms with Crippen molar-refractivity contribution in [3.05, 3.63) is 0 Å². The first-order valence-electron chi connectivity index (χ1n) is 9.30. The summed E-state index contributed by atoms with van der Waals surface area (Å²) < 4.78 is 0. The predicted octanol–water partition coefficient (Wildman–Crippen LogP) is 2.03. The second kappa shape index (κ2) is 4.24. The Hall–Kier alpha value is -0.120. The van der Waals surface area contributed by atoms with Gasteiger partial charge in [-0.15, -0.1) is 0 Å². The van der Waals surface area contributed by atoms with Gasteiger partial charge in [0.25, 0.3) is 0 Å². The van der Waals surface area contributed by atoms with E-state index in [0.717, 1.165) is 43.6 Å². The SMILES string of the molecule is NC(CNC1C2CC3CC1CC(O)(C3)C2)(C1CC1)C1CC1. The van der Waals surface area contributed by atoms with Crippen molar-refractivity contribution in [1.29, 1.82) is 0 Å². The summed E-state index contributed by atoms with van der Waals surface area (Å²) in [5.74, 6) is 3.81. The molecule has 0 aromatic rings. The van der Waals surface area contributed by atoms with Crippen molar-refractivity contribution in [3.8, 4) is 0 Å². The number of hydrogen-bond donors (Lipinski definition) is 3. The Bertz CT molecular complexity index is 414. The van der Waals surface area contributed by atoms with Crippen LogP contribution in [0.5, 0.6) is 0 Å². The second-order valence-electron chi connectivity index (χ2n) is 9.26. The first-order valence-corrected chi connectivity index (χ1v) is 9.30. The molecule has 6 aliphatic rings. The van der Waals surface area contributed by atoms with E-state index in [1.807, 2.05) is 0 Å². The largest absolute Gasteiger partial charge is 0.390 e. The van der Waals surface area contributed by atoms with Gasteiger partial charge in [0.1, 0.15) is 0 Å². The van der Waals surface area contributed by atoms with E-state index in [-0.39, 0.29) is 11.1 Å². The maximum Gasteiger partial charge on any atom is 0.0657 e. The highest BCUT2D eigenvalue weighted by Gasteiger charge is 2.56. The van der Waals surface area contributed by atoms with E-state index >= 15 is 0 Å². The Labute approximate surface area is 128 Å². The fourth-order valence-electron chi connectivity index (χ4n) is 6.47. The van der Waals surface area contributed by atoms with Gasteiger partial charge in [-0.2, -0.15) is 0 Å². The number of nitrogens with one attached hydrogen (secondary N) is 1. The number of rotatable bonds is 5. The lowest BCUT2D eigenvalue weighted by Gasteiger charge is -2.58. The Balaban J connectivity index is 1.29. The van der Waals surface area contributed by atoms with Gasteiger partial charge in [0.15, 0.2) is 0 Å². The first-order chi connectivity index (χ1) is 10.1. The number of nitrogens with two attached hydrogens (primary N) is 1. The molecule has 6 fully saturated rings. The van der Waals surface area contributed by atoms with E-state index in [9.17, 15) is 5.11 Å². The molecule has 4 N–H and O–H groups in total. The minimum Gasteiger partial charge on any atom is -0.390 e. The van der Waals surface area contributed by atoms with Crippen LogP contribution in [0.25, 0.3) is 0 Å². The summed E-state index contributed by atoms with van der Waals surface area (Å²) in [5, 5.41) is 14.6. The highest BCUT2D eigenvalue weighted by molar-refractivity contribution is 5.12. The van der Waals surface area contributed by atoms with E-state index in [2.05, 4.69) is 5.32 Å². The van der Waals surface area contributed by atoms with Gasteiger partial charge < -0.3 is 16.2 Å². The normalized spacial score (nSPS) is 48.9. The average Bonchev–Trinajstić information content (AvgIpc) is 3.26. The molecule has 0 spiro atoms. The molecule has 4 bridgehead atoms. The van der Waals surface area contributed by atoms with Gasteiger partial charge in [-0.3, -0.25) is 0 Å². The summed E-state index contributed by atoms with van der Waals surface area (Å²) in [6, 6.07) is 0.641. The van der Waals surface area contributed by atoms with Crippen LogP contribution in [0.4, 0.5) is 0 Å². The Morgan fingerprint density at radius 1 is 1.00 bits per heavy atom. The van der Waals surface area contributed by atoms with Gasteiger partial charge >= 0.3 is 0 Å². The van der Waals surface area contributed by atoms with Crippen LogP contribution in [0.1, 0.15) is 57.8 Å². The first kappa shape index (κ1) is 13.3. The molecule has 0 heterocycles. The molecular formula is C18H30N2O. The molecular weight excluding hydrogens is 260 g/mol. The topological polar surface area (TPSA) is 58.3 Å². The second-order valence-corrected chi connectivity index (χ2v) is 9.26. The molecule has 3 nitrogen and oxygen atoms in total. The summed E-state index contributed by atoms with van der Waals surface area (Å²) in [6.07, 6.45) is 11.3. The average molecular weight is 290 g/mol. The minimum atomic E-state index is -0.304. The molecule has 0 amide bonds. The van der Waals surface area contributed by atoms with Crippen molar-refractivity contribution in [2.45, 2.75) is 75.0 Å². The monoisotopic (exact) mass is 290 g/mol. The van der Waals surface area contributed by atoms with Crippen LogP contribution < -0.4 is 11.1 Å². The van der Waals surface area contributed by atoms with Gasteiger partial charge in [0.2, 0.25) is 0 Å². The molecule has 2 atom stereocenters.